The van der Waals surface area contributed by atoms with Crippen LogP contribution in [0.1, 0.15) is 47.9 Å². The van der Waals surface area contributed by atoms with Crippen LogP contribution in [0.2, 0.25) is 0 Å². The molecule has 34 heavy (non-hydrogen) atoms. The minimum atomic E-state index is 0.558. The predicted octanol–water partition coefficient (Wildman–Crippen LogP) is 6.03. The minimum Gasteiger partial charge on any atom is -0.497 e. The van der Waals surface area contributed by atoms with E-state index >= 15 is 0 Å². The molecule has 1 fully saturated rings. The number of nitrogens with zero attached hydrogens (tertiary/aromatic N) is 2. The van der Waals surface area contributed by atoms with Gasteiger partial charge in [0.1, 0.15) is 11.5 Å². The lowest BCUT2D eigenvalue weighted by atomic mass is 9.85. The summed E-state index contributed by atoms with van der Waals surface area (Å²) in [4.78, 5) is 5.48. The lowest BCUT2D eigenvalue weighted by Gasteiger charge is -2.47. The molecule has 0 N–H and O–H groups in total. The number of fused-ring (bicyclic) bond motifs is 2. The van der Waals surface area contributed by atoms with E-state index in [4.69, 9.17) is 9.47 Å². The van der Waals surface area contributed by atoms with Crippen LogP contribution in [0.15, 0.2) is 72.8 Å². The van der Waals surface area contributed by atoms with Gasteiger partial charge in [0.25, 0.3) is 0 Å². The van der Waals surface area contributed by atoms with E-state index in [2.05, 4.69) is 82.6 Å². The van der Waals surface area contributed by atoms with E-state index in [0.29, 0.717) is 12.1 Å². The highest BCUT2D eigenvalue weighted by Gasteiger charge is 2.36. The van der Waals surface area contributed by atoms with E-state index in [1.54, 1.807) is 14.2 Å². The van der Waals surface area contributed by atoms with Crippen LogP contribution in [0.25, 0.3) is 0 Å². The molecule has 1 saturated carbocycles. The average Bonchev–Trinajstić information content (AvgIpc) is 2.89. The summed E-state index contributed by atoms with van der Waals surface area (Å²) in [6.45, 7) is 3.96. The maximum Gasteiger partial charge on any atom is 0.118 e. The van der Waals surface area contributed by atoms with Crippen molar-refractivity contribution in [1.82, 2.24) is 9.80 Å². The Morgan fingerprint density at radius 2 is 1.03 bits per heavy atom. The van der Waals surface area contributed by atoms with Crippen LogP contribution in [0.3, 0.4) is 0 Å². The quantitative estimate of drug-likeness (QED) is 0.452. The van der Waals surface area contributed by atoms with Crippen LogP contribution in [0, 0.1) is 0 Å². The van der Waals surface area contributed by atoms with Crippen molar-refractivity contribution in [3.8, 4) is 11.5 Å². The molecule has 2 aliphatic rings. The molecule has 0 saturated heterocycles. The van der Waals surface area contributed by atoms with Crippen molar-refractivity contribution in [2.75, 3.05) is 14.2 Å². The molecule has 1 aliphatic heterocycles. The molecule has 4 nitrogen and oxygen atoms in total. The first-order valence-corrected chi connectivity index (χ1v) is 12.5. The van der Waals surface area contributed by atoms with Gasteiger partial charge in [-0.05, 0) is 59.4 Å². The molecule has 1 heterocycles. The van der Waals surface area contributed by atoms with Crippen LogP contribution in [-0.4, -0.2) is 36.1 Å². The first-order chi connectivity index (χ1) is 16.7. The van der Waals surface area contributed by atoms with Crippen molar-refractivity contribution < 1.29 is 9.47 Å². The summed E-state index contributed by atoms with van der Waals surface area (Å²) >= 11 is 0. The van der Waals surface area contributed by atoms with Gasteiger partial charge in [-0.25, -0.2) is 0 Å². The summed E-state index contributed by atoms with van der Waals surface area (Å²) in [5.74, 6) is 1.84. The SMILES string of the molecule is COc1ccc(CN2Cc3ccccc3CN(Cc3ccc(OC)cc3)[C@@H]3CCCC[C@H]32)cc1. The van der Waals surface area contributed by atoms with E-state index < -0.39 is 0 Å². The Balaban J connectivity index is 1.46. The summed E-state index contributed by atoms with van der Waals surface area (Å²) in [5, 5.41) is 0. The second-order valence-corrected chi connectivity index (χ2v) is 9.69. The van der Waals surface area contributed by atoms with Crippen molar-refractivity contribution in [3.63, 3.8) is 0 Å². The smallest absolute Gasteiger partial charge is 0.118 e. The highest BCUT2D eigenvalue weighted by atomic mass is 16.5. The molecular weight excluding hydrogens is 420 g/mol. The van der Waals surface area contributed by atoms with E-state index in [0.717, 1.165) is 37.7 Å². The lowest BCUT2D eigenvalue weighted by molar-refractivity contribution is 0.0225. The molecule has 0 amide bonds. The Morgan fingerprint density at radius 1 is 0.618 bits per heavy atom. The van der Waals surface area contributed by atoms with Crippen molar-refractivity contribution in [3.05, 3.63) is 95.1 Å². The second-order valence-electron chi connectivity index (χ2n) is 9.69. The molecule has 0 aromatic heterocycles. The molecule has 0 unspecified atom stereocenters. The minimum absolute atomic E-state index is 0.558. The Hall–Kier alpha value is -2.82. The van der Waals surface area contributed by atoms with Crippen molar-refractivity contribution >= 4 is 0 Å². The summed E-state index contributed by atoms with van der Waals surface area (Å²) in [5.41, 5.74) is 5.62. The molecule has 5 rings (SSSR count). The third-order valence-electron chi connectivity index (χ3n) is 7.59. The standard InChI is InChI=1S/C30H36N2O2/c1-33-27-15-11-23(12-16-27)19-31-21-25-7-3-4-8-26(25)22-32(30-10-6-5-9-29(30)31)20-24-13-17-28(34-2)18-14-24/h3-4,7-8,11-18,29-30H,5-6,9-10,19-22H2,1-2H3/t29-,30-/m1/s1. The van der Waals surface area contributed by atoms with Crippen LogP contribution in [0.5, 0.6) is 11.5 Å². The third kappa shape index (κ3) is 5.13. The van der Waals surface area contributed by atoms with E-state index in [9.17, 15) is 0 Å². The molecule has 0 bridgehead atoms. The fourth-order valence-corrected chi connectivity index (χ4v) is 5.76. The summed E-state index contributed by atoms with van der Waals surface area (Å²) in [7, 11) is 3.46. The molecule has 0 spiro atoms. The highest BCUT2D eigenvalue weighted by molar-refractivity contribution is 5.31. The van der Waals surface area contributed by atoms with E-state index in [1.165, 1.54) is 47.9 Å². The van der Waals surface area contributed by atoms with Crippen molar-refractivity contribution in [2.45, 2.75) is 63.9 Å². The highest BCUT2D eigenvalue weighted by Crippen LogP contribution is 2.34. The molecular formula is C30H36N2O2. The van der Waals surface area contributed by atoms with Gasteiger partial charge in [0.05, 0.1) is 14.2 Å². The van der Waals surface area contributed by atoms with Gasteiger partial charge in [0.2, 0.25) is 0 Å². The first kappa shape index (κ1) is 22.9. The Bertz CT molecular complexity index is 977. The molecule has 1 aliphatic carbocycles. The van der Waals surface area contributed by atoms with Gasteiger partial charge in [0, 0.05) is 38.3 Å². The van der Waals surface area contributed by atoms with Crippen LogP contribution >= 0.6 is 0 Å². The van der Waals surface area contributed by atoms with E-state index in [-0.39, 0.29) is 0 Å². The number of rotatable bonds is 6. The van der Waals surface area contributed by atoms with Crippen LogP contribution in [0.4, 0.5) is 0 Å². The topological polar surface area (TPSA) is 24.9 Å². The largest absolute Gasteiger partial charge is 0.497 e. The first-order valence-electron chi connectivity index (χ1n) is 12.5. The fraction of sp³-hybridized carbons (Fsp3) is 0.400. The predicted molar refractivity (Wildman–Crippen MR) is 137 cm³/mol. The Morgan fingerprint density at radius 3 is 1.41 bits per heavy atom. The number of hydrogen-bond acceptors (Lipinski definition) is 4. The number of benzene rings is 3. The fourth-order valence-electron chi connectivity index (χ4n) is 5.76. The molecule has 4 heteroatoms. The molecule has 2 atom stereocenters. The van der Waals surface area contributed by atoms with E-state index in [1.807, 2.05) is 0 Å². The Kier molecular flexibility index (Phi) is 7.17. The van der Waals surface area contributed by atoms with Gasteiger partial charge < -0.3 is 9.47 Å². The van der Waals surface area contributed by atoms with Gasteiger partial charge >= 0.3 is 0 Å². The van der Waals surface area contributed by atoms with Crippen molar-refractivity contribution in [2.24, 2.45) is 0 Å². The normalized spacial score (nSPS) is 21.1. The summed E-state index contributed by atoms with van der Waals surface area (Å²) in [6, 6.07) is 27.4. The van der Waals surface area contributed by atoms with Crippen molar-refractivity contribution in [1.29, 1.82) is 0 Å². The summed E-state index contributed by atoms with van der Waals surface area (Å²) in [6.07, 6.45) is 5.17. The third-order valence-corrected chi connectivity index (χ3v) is 7.59. The number of hydrogen-bond donors (Lipinski definition) is 0. The zero-order valence-electron chi connectivity index (χ0n) is 20.5. The van der Waals surface area contributed by atoms with Gasteiger partial charge in [-0.2, -0.15) is 0 Å². The van der Waals surface area contributed by atoms with Gasteiger partial charge in [-0.15, -0.1) is 0 Å². The monoisotopic (exact) mass is 456 g/mol. The molecule has 0 radical (unpaired) electrons. The molecule has 3 aromatic rings. The van der Waals surface area contributed by atoms with Gasteiger partial charge in [0.15, 0.2) is 0 Å². The van der Waals surface area contributed by atoms with Crippen LogP contribution < -0.4 is 9.47 Å². The van der Waals surface area contributed by atoms with Gasteiger partial charge in [-0.3, -0.25) is 9.80 Å². The Labute approximate surface area is 204 Å². The maximum absolute atomic E-state index is 5.39. The van der Waals surface area contributed by atoms with Crippen LogP contribution in [-0.2, 0) is 26.2 Å². The molecule has 3 aromatic carbocycles. The zero-order valence-corrected chi connectivity index (χ0v) is 20.5. The zero-order chi connectivity index (χ0) is 23.3. The number of ether oxygens (including phenoxy) is 2. The lowest BCUT2D eigenvalue weighted by Crippen LogP contribution is -2.53. The van der Waals surface area contributed by atoms with Gasteiger partial charge in [-0.1, -0.05) is 61.4 Å². The molecule has 178 valence electrons. The average molecular weight is 457 g/mol. The number of methoxy groups -OCH3 is 2. The summed E-state index contributed by atoms with van der Waals surface area (Å²) < 4.78 is 10.8. The maximum atomic E-state index is 5.39. The second kappa shape index (κ2) is 10.6.